The minimum Gasteiger partial charge on any atom is -0.271 e. The summed E-state index contributed by atoms with van der Waals surface area (Å²) in [6, 6.07) is 9.15. The largest absolute Gasteiger partial charge is 0.271 e. The summed E-state index contributed by atoms with van der Waals surface area (Å²) in [5.74, 6) is 5.96. The number of hydrogen-bond acceptors (Lipinski definition) is 5. The van der Waals surface area contributed by atoms with E-state index in [2.05, 4.69) is 10.4 Å². The highest BCUT2D eigenvalue weighted by Gasteiger charge is 2.36. The quantitative estimate of drug-likeness (QED) is 0.666. The maximum atomic E-state index is 12.4. The molecule has 0 bridgehead atoms. The summed E-state index contributed by atoms with van der Waals surface area (Å²) in [7, 11) is -3.11. The number of hydrazine groups is 1. The molecule has 3 rings (SSSR count). The molecule has 0 saturated carbocycles. The van der Waals surface area contributed by atoms with E-state index in [0.29, 0.717) is 6.42 Å². The van der Waals surface area contributed by atoms with E-state index in [1.54, 1.807) is 6.20 Å². The smallest absolute Gasteiger partial charge is 0.155 e. The lowest BCUT2D eigenvalue weighted by molar-refractivity contribution is 0.455. The molecular formula is C15H19N3O2S. The van der Waals surface area contributed by atoms with E-state index in [1.165, 1.54) is 0 Å². The molecular weight excluding hydrogens is 286 g/mol. The first-order valence-electron chi connectivity index (χ1n) is 7.15. The molecule has 21 heavy (non-hydrogen) atoms. The highest BCUT2D eigenvalue weighted by Crippen LogP contribution is 2.33. The van der Waals surface area contributed by atoms with E-state index in [-0.39, 0.29) is 5.75 Å². The fraction of sp³-hybridized carbons (Fsp3) is 0.400. The Morgan fingerprint density at radius 1 is 1.24 bits per heavy atom. The Morgan fingerprint density at radius 2 is 2.10 bits per heavy atom. The van der Waals surface area contributed by atoms with Crippen LogP contribution >= 0.6 is 0 Å². The van der Waals surface area contributed by atoms with Gasteiger partial charge in [0.25, 0.3) is 0 Å². The van der Waals surface area contributed by atoms with Crippen LogP contribution in [0.4, 0.5) is 0 Å². The number of fused-ring (bicyclic) bond motifs is 1. The van der Waals surface area contributed by atoms with Gasteiger partial charge in [-0.25, -0.2) is 8.42 Å². The Balaban J connectivity index is 2.10. The molecule has 2 atom stereocenters. The molecule has 1 aliphatic rings. The maximum absolute atomic E-state index is 12.4. The van der Waals surface area contributed by atoms with Crippen LogP contribution in [0.2, 0.25) is 0 Å². The third-order valence-corrected chi connectivity index (χ3v) is 6.48. The Morgan fingerprint density at radius 3 is 2.86 bits per heavy atom. The number of rotatable bonds is 3. The molecule has 1 aromatic carbocycles. The lowest BCUT2D eigenvalue weighted by Gasteiger charge is -2.30. The van der Waals surface area contributed by atoms with Crippen LogP contribution < -0.4 is 11.3 Å². The van der Waals surface area contributed by atoms with E-state index in [0.717, 1.165) is 29.3 Å². The zero-order chi connectivity index (χ0) is 14.9. The predicted octanol–water partition coefficient (Wildman–Crippen LogP) is 1.71. The summed E-state index contributed by atoms with van der Waals surface area (Å²) < 4.78 is 24.8. The van der Waals surface area contributed by atoms with E-state index >= 15 is 0 Å². The Bertz CT molecular complexity index is 740. The Hall–Kier alpha value is -1.50. The van der Waals surface area contributed by atoms with E-state index in [4.69, 9.17) is 5.84 Å². The number of aromatic nitrogens is 1. The van der Waals surface area contributed by atoms with Crippen molar-refractivity contribution in [2.24, 2.45) is 5.84 Å². The first-order valence-corrected chi connectivity index (χ1v) is 8.86. The predicted molar refractivity (Wildman–Crippen MR) is 83.2 cm³/mol. The number of hydrogen-bond donors (Lipinski definition) is 2. The van der Waals surface area contributed by atoms with Crippen LogP contribution in [-0.4, -0.2) is 24.4 Å². The van der Waals surface area contributed by atoms with Crippen LogP contribution in [0.5, 0.6) is 0 Å². The van der Waals surface area contributed by atoms with E-state index in [1.807, 2.05) is 30.3 Å². The molecule has 6 heteroatoms. The SMILES string of the molecule is NNC(c1cccc2ncccc12)C1CCCCS1(=O)=O. The summed E-state index contributed by atoms with van der Waals surface area (Å²) in [6.07, 6.45) is 4.04. The molecule has 1 aromatic heterocycles. The lowest BCUT2D eigenvalue weighted by Crippen LogP contribution is -2.43. The minimum absolute atomic E-state index is 0.249. The van der Waals surface area contributed by atoms with Gasteiger partial charge < -0.3 is 0 Å². The van der Waals surface area contributed by atoms with Crippen molar-refractivity contribution in [3.05, 3.63) is 42.1 Å². The fourth-order valence-electron chi connectivity index (χ4n) is 3.15. The second kappa shape index (κ2) is 5.71. The molecule has 1 saturated heterocycles. The van der Waals surface area contributed by atoms with Crippen molar-refractivity contribution >= 4 is 20.7 Å². The van der Waals surface area contributed by atoms with Gasteiger partial charge in [-0.1, -0.05) is 24.6 Å². The lowest BCUT2D eigenvalue weighted by atomic mass is 9.96. The molecule has 2 unspecified atom stereocenters. The molecule has 2 aromatic rings. The van der Waals surface area contributed by atoms with Crippen LogP contribution in [0, 0.1) is 0 Å². The van der Waals surface area contributed by atoms with Gasteiger partial charge in [-0.15, -0.1) is 0 Å². The number of benzene rings is 1. The van der Waals surface area contributed by atoms with E-state index in [9.17, 15) is 8.42 Å². The summed E-state index contributed by atoms with van der Waals surface area (Å²) >= 11 is 0. The fourth-order valence-corrected chi connectivity index (χ4v) is 5.22. The first kappa shape index (κ1) is 14.4. The standard InChI is InChI=1S/C15H19N3O2S/c16-18-15(14-8-1-2-10-21(14,19)20)12-5-3-7-13-11(12)6-4-9-17-13/h3-7,9,14-15,18H,1-2,8,10,16H2. The van der Waals surface area contributed by atoms with Crippen molar-refractivity contribution in [1.82, 2.24) is 10.4 Å². The van der Waals surface area contributed by atoms with Gasteiger partial charge in [0.05, 0.1) is 22.6 Å². The number of nitrogens with one attached hydrogen (secondary N) is 1. The molecule has 1 aliphatic heterocycles. The number of sulfone groups is 1. The molecule has 0 aliphatic carbocycles. The van der Waals surface area contributed by atoms with Crippen molar-refractivity contribution < 1.29 is 8.42 Å². The van der Waals surface area contributed by atoms with Crippen molar-refractivity contribution in [3.8, 4) is 0 Å². The molecule has 0 radical (unpaired) electrons. The molecule has 5 nitrogen and oxygen atoms in total. The zero-order valence-corrected chi connectivity index (χ0v) is 12.5. The van der Waals surface area contributed by atoms with Crippen LogP contribution in [0.25, 0.3) is 10.9 Å². The molecule has 2 heterocycles. The van der Waals surface area contributed by atoms with Gasteiger partial charge in [-0.2, -0.15) is 0 Å². The average molecular weight is 305 g/mol. The Kier molecular flexibility index (Phi) is 3.93. The molecule has 112 valence electrons. The Labute approximate surface area is 124 Å². The van der Waals surface area contributed by atoms with Gasteiger partial charge in [0, 0.05) is 11.6 Å². The van der Waals surface area contributed by atoms with Crippen LogP contribution in [-0.2, 0) is 9.84 Å². The highest BCUT2D eigenvalue weighted by molar-refractivity contribution is 7.92. The van der Waals surface area contributed by atoms with Crippen LogP contribution in [0.3, 0.4) is 0 Å². The summed E-state index contributed by atoms with van der Waals surface area (Å²) in [6.45, 7) is 0. The zero-order valence-electron chi connectivity index (χ0n) is 11.7. The van der Waals surface area contributed by atoms with Gasteiger partial charge in [0.1, 0.15) is 0 Å². The van der Waals surface area contributed by atoms with Crippen LogP contribution in [0.1, 0.15) is 30.9 Å². The van der Waals surface area contributed by atoms with Crippen molar-refractivity contribution in [2.45, 2.75) is 30.6 Å². The first-order chi connectivity index (χ1) is 10.1. The number of nitrogens with two attached hydrogens (primary N) is 1. The summed E-state index contributed by atoms with van der Waals surface area (Å²) in [5.41, 5.74) is 4.48. The third kappa shape index (κ3) is 2.66. The molecule has 1 fully saturated rings. The normalized spacial score (nSPS) is 23.0. The van der Waals surface area contributed by atoms with Crippen molar-refractivity contribution in [1.29, 1.82) is 0 Å². The number of pyridine rings is 1. The average Bonchev–Trinajstić information content (AvgIpc) is 2.49. The van der Waals surface area contributed by atoms with E-state index < -0.39 is 21.1 Å². The maximum Gasteiger partial charge on any atom is 0.155 e. The van der Waals surface area contributed by atoms with Gasteiger partial charge in [-0.3, -0.25) is 16.3 Å². The highest BCUT2D eigenvalue weighted by atomic mass is 32.2. The topological polar surface area (TPSA) is 85.1 Å². The van der Waals surface area contributed by atoms with Gasteiger partial charge in [0.15, 0.2) is 9.84 Å². The molecule has 0 amide bonds. The van der Waals surface area contributed by atoms with Gasteiger partial charge in [-0.05, 0) is 30.5 Å². The second-order valence-electron chi connectivity index (χ2n) is 5.46. The van der Waals surface area contributed by atoms with Gasteiger partial charge >= 0.3 is 0 Å². The second-order valence-corrected chi connectivity index (χ2v) is 7.80. The third-order valence-electron chi connectivity index (χ3n) is 4.19. The van der Waals surface area contributed by atoms with Gasteiger partial charge in [0.2, 0.25) is 0 Å². The summed E-state index contributed by atoms with van der Waals surface area (Å²) in [5, 5.41) is 0.478. The minimum atomic E-state index is -3.11. The number of nitrogens with zero attached hydrogens (tertiary/aromatic N) is 1. The van der Waals surface area contributed by atoms with Crippen molar-refractivity contribution in [3.63, 3.8) is 0 Å². The summed E-state index contributed by atoms with van der Waals surface area (Å²) in [4.78, 5) is 4.32. The molecule has 0 spiro atoms. The van der Waals surface area contributed by atoms with Crippen molar-refractivity contribution in [2.75, 3.05) is 5.75 Å². The molecule has 3 N–H and O–H groups in total. The van der Waals surface area contributed by atoms with Crippen LogP contribution in [0.15, 0.2) is 36.5 Å². The monoisotopic (exact) mass is 305 g/mol.